The van der Waals surface area contributed by atoms with Gasteiger partial charge < -0.3 is 9.47 Å². The largest absolute Gasteiger partial charge is 0.491 e. The summed E-state index contributed by atoms with van der Waals surface area (Å²) in [4.78, 5) is 0. The SMILES string of the molecule is Fc1cc(OCCOCCS)ccc1Br. The van der Waals surface area contributed by atoms with Crippen LogP contribution in [0.5, 0.6) is 5.75 Å². The van der Waals surface area contributed by atoms with E-state index in [-0.39, 0.29) is 5.82 Å². The Bertz CT molecular complexity index is 309. The summed E-state index contributed by atoms with van der Waals surface area (Å²) < 4.78 is 23.9. The number of rotatable bonds is 6. The van der Waals surface area contributed by atoms with Crippen molar-refractivity contribution < 1.29 is 13.9 Å². The molecule has 0 aliphatic heterocycles. The minimum atomic E-state index is -0.330. The van der Waals surface area contributed by atoms with Gasteiger partial charge in [0, 0.05) is 11.8 Å². The molecule has 15 heavy (non-hydrogen) atoms. The van der Waals surface area contributed by atoms with Crippen LogP contribution in [0, 0.1) is 5.82 Å². The van der Waals surface area contributed by atoms with E-state index in [4.69, 9.17) is 9.47 Å². The maximum atomic E-state index is 13.0. The molecule has 0 heterocycles. The summed E-state index contributed by atoms with van der Waals surface area (Å²) in [6.45, 7) is 1.49. The molecular formula is C10H12BrFO2S. The highest BCUT2D eigenvalue weighted by molar-refractivity contribution is 9.10. The van der Waals surface area contributed by atoms with Crippen LogP contribution in [0.2, 0.25) is 0 Å². The van der Waals surface area contributed by atoms with Crippen molar-refractivity contribution in [3.05, 3.63) is 28.5 Å². The first-order chi connectivity index (χ1) is 7.24. The molecule has 0 saturated carbocycles. The fraction of sp³-hybridized carbons (Fsp3) is 0.400. The van der Waals surface area contributed by atoms with E-state index in [0.29, 0.717) is 35.8 Å². The zero-order valence-corrected chi connectivity index (χ0v) is 10.6. The molecule has 1 aromatic rings. The summed E-state index contributed by atoms with van der Waals surface area (Å²) in [6.07, 6.45) is 0. The quantitative estimate of drug-likeness (QED) is 0.642. The molecule has 0 atom stereocenters. The second-order valence-electron chi connectivity index (χ2n) is 2.76. The van der Waals surface area contributed by atoms with Gasteiger partial charge in [0.25, 0.3) is 0 Å². The van der Waals surface area contributed by atoms with Crippen molar-refractivity contribution in [2.75, 3.05) is 25.6 Å². The van der Waals surface area contributed by atoms with Crippen molar-refractivity contribution in [2.45, 2.75) is 0 Å². The van der Waals surface area contributed by atoms with Crippen LogP contribution in [-0.2, 0) is 4.74 Å². The van der Waals surface area contributed by atoms with Gasteiger partial charge in [0.2, 0.25) is 0 Å². The minimum absolute atomic E-state index is 0.330. The summed E-state index contributed by atoms with van der Waals surface area (Å²) in [5.41, 5.74) is 0. The zero-order chi connectivity index (χ0) is 11.1. The molecule has 0 bridgehead atoms. The Hall–Kier alpha value is -0.260. The first kappa shape index (κ1) is 12.8. The molecule has 0 amide bonds. The Kier molecular flexibility index (Phi) is 6.05. The van der Waals surface area contributed by atoms with Gasteiger partial charge in [0.1, 0.15) is 18.2 Å². The van der Waals surface area contributed by atoms with Gasteiger partial charge in [-0.3, -0.25) is 0 Å². The van der Waals surface area contributed by atoms with Gasteiger partial charge in [-0.2, -0.15) is 12.6 Å². The van der Waals surface area contributed by atoms with Gasteiger partial charge in [-0.05, 0) is 28.1 Å². The zero-order valence-electron chi connectivity index (χ0n) is 8.08. The van der Waals surface area contributed by atoms with Crippen LogP contribution in [0.15, 0.2) is 22.7 Å². The number of hydrogen-bond donors (Lipinski definition) is 1. The van der Waals surface area contributed by atoms with Crippen LogP contribution in [0.1, 0.15) is 0 Å². The highest BCUT2D eigenvalue weighted by atomic mass is 79.9. The normalized spacial score (nSPS) is 10.3. The molecule has 5 heteroatoms. The fourth-order valence-electron chi connectivity index (χ4n) is 0.952. The highest BCUT2D eigenvalue weighted by Gasteiger charge is 2.00. The summed E-state index contributed by atoms with van der Waals surface area (Å²) in [5.74, 6) is 0.862. The lowest BCUT2D eigenvalue weighted by Gasteiger charge is -2.06. The predicted molar refractivity (Wildman–Crippen MR) is 64.3 cm³/mol. The summed E-state index contributed by atoms with van der Waals surface area (Å²) in [6, 6.07) is 4.65. The van der Waals surface area contributed by atoms with Gasteiger partial charge in [-0.1, -0.05) is 0 Å². The summed E-state index contributed by atoms with van der Waals surface area (Å²) in [5, 5.41) is 0. The molecule has 1 rings (SSSR count). The van der Waals surface area contributed by atoms with Crippen molar-refractivity contribution in [2.24, 2.45) is 0 Å². The van der Waals surface area contributed by atoms with E-state index in [1.54, 1.807) is 12.1 Å². The molecule has 0 aliphatic carbocycles. The Morgan fingerprint density at radius 2 is 2.07 bits per heavy atom. The van der Waals surface area contributed by atoms with Gasteiger partial charge in [-0.15, -0.1) is 0 Å². The Labute approximate surface area is 102 Å². The van der Waals surface area contributed by atoms with Gasteiger partial charge in [0.05, 0.1) is 17.7 Å². The first-order valence-corrected chi connectivity index (χ1v) is 5.93. The second-order valence-corrected chi connectivity index (χ2v) is 4.06. The third kappa shape index (κ3) is 4.86. The number of halogens is 2. The average molecular weight is 295 g/mol. The van der Waals surface area contributed by atoms with Gasteiger partial charge in [0.15, 0.2) is 0 Å². The maximum Gasteiger partial charge on any atom is 0.141 e. The Balaban J connectivity index is 2.28. The summed E-state index contributed by atoms with van der Waals surface area (Å²) in [7, 11) is 0. The molecular weight excluding hydrogens is 283 g/mol. The highest BCUT2D eigenvalue weighted by Crippen LogP contribution is 2.20. The molecule has 0 fully saturated rings. The lowest BCUT2D eigenvalue weighted by Crippen LogP contribution is -2.08. The van der Waals surface area contributed by atoms with E-state index < -0.39 is 0 Å². The predicted octanol–water partition coefficient (Wildman–Crippen LogP) is 2.91. The third-order valence-corrected chi connectivity index (χ3v) is 2.45. The van der Waals surface area contributed by atoms with Gasteiger partial charge in [-0.25, -0.2) is 4.39 Å². The molecule has 0 radical (unpaired) electrons. The number of ether oxygens (including phenoxy) is 2. The fourth-order valence-corrected chi connectivity index (χ4v) is 1.33. The van der Waals surface area contributed by atoms with Crippen molar-refractivity contribution in [1.82, 2.24) is 0 Å². The molecule has 84 valence electrons. The van der Waals surface area contributed by atoms with Crippen LogP contribution in [0.4, 0.5) is 4.39 Å². The molecule has 0 unspecified atom stereocenters. The summed E-state index contributed by atoms with van der Waals surface area (Å²) >= 11 is 7.06. The Morgan fingerprint density at radius 1 is 1.27 bits per heavy atom. The second kappa shape index (κ2) is 7.09. The van der Waals surface area contributed by atoms with E-state index in [0.717, 1.165) is 0 Å². The minimum Gasteiger partial charge on any atom is -0.491 e. The number of hydrogen-bond acceptors (Lipinski definition) is 3. The lowest BCUT2D eigenvalue weighted by atomic mass is 10.3. The molecule has 1 aromatic carbocycles. The Morgan fingerprint density at radius 3 is 2.73 bits per heavy atom. The smallest absolute Gasteiger partial charge is 0.141 e. The van der Waals surface area contributed by atoms with Gasteiger partial charge >= 0.3 is 0 Å². The molecule has 0 saturated heterocycles. The van der Waals surface area contributed by atoms with Crippen molar-refractivity contribution in [3.8, 4) is 5.75 Å². The van der Waals surface area contributed by atoms with Crippen molar-refractivity contribution in [1.29, 1.82) is 0 Å². The van der Waals surface area contributed by atoms with E-state index in [2.05, 4.69) is 28.6 Å². The van der Waals surface area contributed by atoms with Crippen molar-refractivity contribution >= 4 is 28.6 Å². The molecule has 0 N–H and O–H groups in total. The topological polar surface area (TPSA) is 18.5 Å². The van der Waals surface area contributed by atoms with Crippen LogP contribution in [0.3, 0.4) is 0 Å². The molecule has 0 aromatic heterocycles. The molecule has 2 nitrogen and oxygen atoms in total. The molecule has 0 aliphatic rings. The maximum absolute atomic E-state index is 13.0. The monoisotopic (exact) mass is 294 g/mol. The van der Waals surface area contributed by atoms with Crippen molar-refractivity contribution in [3.63, 3.8) is 0 Å². The van der Waals surface area contributed by atoms with E-state index in [1.807, 2.05) is 0 Å². The van der Waals surface area contributed by atoms with E-state index in [9.17, 15) is 4.39 Å². The van der Waals surface area contributed by atoms with Crippen LogP contribution in [0.25, 0.3) is 0 Å². The van der Waals surface area contributed by atoms with Crippen LogP contribution >= 0.6 is 28.6 Å². The van der Waals surface area contributed by atoms with Crippen LogP contribution < -0.4 is 4.74 Å². The van der Waals surface area contributed by atoms with E-state index >= 15 is 0 Å². The standard InChI is InChI=1S/C10H12BrFO2S/c11-9-2-1-8(7-10(9)12)14-4-3-13-5-6-15/h1-2,7,15H,3-6H2. The number of benzene rings is 1. The third-order valence-electron chi connectivity index (χ3n) is 1.62. The first-order valence-electron chi connectivity index (χ1n) is 4.50. The van der Waals surface area contributed by atoms with Crippen LogP contribution in [-0.4, -0.2) is 25.6 Å². The average Bonchev–Trinajstić information content (AvgIpc) is 2.23. The lowest BCUT2D eigenvalue weighted by molar-refractivity contribution is 0.112. The molecule has 0 spiro atoms. The van der Waals surface area contributed by atoms with E-state index in [1.165, 1.54) is 6.07 Å². The number of thiol groups is 1.